The van der Waals surface area contributed by atoms with E-state index < -0.39 is 56.1 Å². The van der Waals surface area contributed by atoms with Gasteiger partial charge in [0.1, 0.15) is 29.3 Å². The van der Waals surface area contributed by atoms with Crippen LogP contribution in [-0.4, -0.2) is 108 Å². The number of rotatable bonds is 13. The summed E-state index contributed by atoms with van der Waals surface area (Å²) in [6.45, 7) is 8.13. The maximum absolute atomic E-state index is 14.9. The molecular weight excluding hydrogens is 805 g/mol. The summed E-state index contributed by atoms with van der Waals surface area (Å²) < 4.78 is 53.0. The summed E-state index contributed by atoms with van der Waals surface area (Å²) in [6, 6.07) is 4.91. The predicted molar refractivity (Wildman–Crippen MR) is 226 cm³/mol. The molecule has 17 heteroatoms. The summed E-state index contributed by atoms with van der Waals surface area (Å²) in [5.74, 6) is -1.01. The number of ketones is 1. The van der Waals surface area contributed by atoms with Crippen LogP contribution in [0.4, 0.5) is 0 Å². The fourth-order valence-corrected chi connectivity index (χ4v) is 9.80. The number of hydrogen-bond donors (Lipinski definition) is 2. The summed E-state index contributed by atoms with van der Waals surface area (Å²) in [7, 11) is -0.818. The smallest absolute Gasteiger partial charge is 0.272 e. The van der Waals surface area contributed by atoms with Crippen molar-refractivity contribution in [2.75, 3.05) is 27.4 Å². The highest BCUT2D eigenvalue weighted by Crippen LogP contribution is 2.57. The molecule has 3 amide bonds. The molecule has 3 fully saturated rings. The molecule has 330 valence electrons. The summed E-state index contributed by atoms with van der Waals surface area (Å²) in [5.41, 5.74) is 0.227. The van der Waals surface area contributed by atoms with Crippen LogP contribution in [-0.2, 0) is 35.7 Å². The highest BCUT2D eigenvalue weighted by Gasteiger charge is 2.62. The average Bonchev–Trinajstić information content (AvgIpc) is 4.00. The Bertz CT molecular complexity index is 2310. The number of benzene rings is 1. The zero-order valence-corrected chi connectivity index (χ0v) is 36.7. The van der Waals surface area contributed by atoms with Gasteiger partial charge in [-0.2, -0.15) is 5.10 Å². The van der Waals surface area contributed by atoms with E-state index in [0.717, 1.165) is 18.4 Å². The number of amides is 3. The Morgan fingerprint density at radius 3 is 2.57 bits per heavy atom. The summed E-state index contributed by atoms with van der Waals surface area (Å²) in [6.07, 6.45) is 8.91. The second-order valence-corrected chi connectivity index (χ2v) is 19.6. The molecule has 3 aromatic rings. The van der Waals surface area contributed by atoms with Crippen LogP contribution >= 0.6 is 0 Å². The zero-order valence-electron chi connectivity index (χ0n) is 35.9. The topological polar surface area (TPSA) is 197 Å². The number of methoxy groups -OCH3 is 2. The van der Waals surface area contributed by atoms with Crippen LogP contribution < -0.4 is 24.2 Å². The molecule has 5 atom stereocenters. The standard InChI is InChI=1S/C44H58N6O10S/c1-27(2)59-38-23-37(31-14-15-36(58-6)28(3)39(31)46-38)60-30-22-34-35(51)25-44(42(54)48-61(55,56)43(4)17-18-43)24-29(44)12-10-8-7-9-11-13-33(41(53)50(34)26-30)45-40(52)32-16-19-49(47-32)20-21-57-5/h10,12,14-16,19,23,27,29-30,33-34H,7-9,11,13,17-18,20-22,24-26H2,1-6H3,(H,45,52)(H,48,54)/b12-10-/t29-,30-,33+,34+,44-/m1/s1. The SMILES string of the molecule is COCCn1ccc(C(=O)N[C@H]2CCCCC/C=C\[C@@H]3C[C@@]3(C(=O)NS(=O)(=O)C3(C)CC3)CC(=O)[C@@H]3C[C@@H](Oc4cc(OC(C)C)nc5c(C)c(OC)ccc45)CN3C2=O)n1. The number of fused-ring (bicyclic) bond motifs is 3. The molecule has 2 aliphatic carbocycles. The first-order valence-electron chi connectivity index (χ1n) is 21.3. The normalized spacial score (nSPS) is 25.8. The first-order valence-corrected chi connectivity index (χ1v) is 22.8. The molecular formula is C44H58N6O10S. The maximum Gasteiger partial charge on any atom is 0.272 e. The molecule has 16 nitrogen and oxygen atoms in total. The molecule has 61 heavy (non-hydrogen) atoms. The van der Waals surface area contributed by atoms with E-state index in [9.17, 15) is 27.6 Å². The average molecular weight is 863 g/mol. The van der Waals surface area contributed by atoms with E-state index in [1.54, 1.807) is 44.2 Å². The van der Waals surface area contributed by atoms with Crippen LogP contribution in [0.2, 0.25) is 0 Å². The third kappa shape index (κ3) is 9.42. The van der Waals surface area contributed by atoms with Crippen molar-refractivity contribution in [3.05, 3.63) is 53.9 Å². The van der Waals surface area contributed by atoms with Crippen molar-refractivity contribution in [2.24, 2.45) is 11.3 Å². The van der Waals surface area contributed by atoms with Gasteiger partial charge in [0.2, 0.25) is 27.7 Å². The Labute approximate surface area is 357 Å². The second kappa shape index (κ2) is 17.8. The van der Waals surface area contributed by atoms with Crippen molar-refractivity contribution in [2.45, 2.75) is 127 Å². The lowest BCUT2D eigenvalue weighted by molar-refractivity contribution is -0.140. The third-order valence-corrected chi connectivity index (χ3v) is 14.7. The van der Waals surface area contributed by atoms with Crippen LogP contribution in [0.3, 0.4) is 0 Å². The van der Waals surface area contributed by atoms with Crippen LogP contribution in [0, 0.1) is 18.3 Å². The number of hydrogen-bond acceptors (Lipinski definition) is 12. The molecule has 0 bridgehead atoms. The minimum atomic E-state index is -3.98. The van der Waals surface area contributed by atoms with E-state index in [2.05, 4.69) is 15.1 Å². The van der Waals surface area contributed by atoms with Gasteiger partial charge in [0, 0.05) is 43.2 Å². The lowest BCUT2D eigenvalue weighted by Gasteiger charge is -2.29. The van der Waals surface area contributed by atoms with Crippen molar-refractivity contribution >= 4 is 44.4 Å². The Balaban J connectivity index is 1.22. The number of Topliss-reactive ketones (excluding diaryl/α,β-unsaturated/α-hetero) is 1. The van der Waals surface area contributed by atoms with Crippen LogP contribution in [0.15, 0.2) is 42.6 Å². The summed E-state index contributed by atoms with van der Waals surface area (Å²) >= 11 is 0. The maximum atomic E-state index is 14.9. The number of ether oxygens (including phenoxy) is 4. The number of sulfonamides is 1. The summed E-state index contributed by atoms with van der Waals surface area (Å²) in [5, 5.41) is 7.98. The van der Waals surface area contributed by atoms with Gasteiger partial charge >= 0.3 is 0 Å². The number of pyridine rings is 1. The number of carbonyl (C=O) groups excluding carboxylic acids is 4. The van der Waals surface area contributed by atoms with Crippen LogP contribution in [0.25, 0.3) is 10.9 Å². The van der Waals surface area contributed by atoms with Gasteiger partial charge in [0.15, 0.2) is 5.78 Å². The fourth-order valence-electron chi connectivity index (χ4n) is 8.47. The number of aryl methyl sites for hydroxylation is 1. The van der Waals surface area contributed by atoms with Gasteiger partial charge in [-0.3, -0.25) is 28.6 Å². The van der Waals surface area contributed by atoms with E-state index in [1.807, 2.05) is 45.1 Å². The number of nitrogens with one attached hydrogen (secondary N) is 2. The van der Waals surface area contributed by atoms with E-state index in [-0.39, 0.29) is 42.9 Å². The molecule has 0 spiro atoms. The monoisotopic (exact) mass is 862 g/mol. The molecule has 0 unspecified atom stereocenters. The first kappa shape index (κ1) is 44.0. The highest BCUT2D eigenvalue weighted by molar-refractivity contribution is 7.91. The van der Waals surface area contributed by atoms with Crippen molar-refractivity contribution in [3.8, 4) is 17.4 Å². The van der Waals surface area contributed by atoms with Crippen LogP contribution in [0.5, 0.6) is 17.4 Å². The molecule has 1 saturated heterocycles. The quantitative estimate of drug-likeness (QED) is 0.223. The van der Waals surface area contributed by atoms with Crippen molar-refractivity contribution < 1.29 is 46.5 Å². The minimum absolute atomic E-state index is 0.00183. The lowest BCUT2D eigenvalue weighted by Crippen LogP contribution is -2.52. The van der Waals surface area contributed by atoms with Crippen molar-refractivity contribution in [3.63, 3.8) is 0 Å². The third-order valence-electron chi connectivity index (χ3n) is 12.5. The Morgan fingerprint density at radius 2 is 1.85 bits per heavy atom. The minimum Gasteiger partial charge on any atom is -0.496 e. The molecule has 2 aromatic heterocycles. The van der Waals surface area contributed by atoms with Gasteiger partial charge in [0.05, 0.1) is 54.6 Å². The largest absolute Gasteiger partial charge is 0.496 e. The lowest BCUT2D eigenvalue weighted by atomic mass is 9.91. The van der Waals surface area contributed by atoms with Crippen molar-refractivity contribution in [1.29, 1.82) is 0 Å². The highest BCUT2D eigenvalue weighted by atomic mass is 32.2. The molecule has 2 N–H and O–H groups in total. The molecule has 4 heterocycles. The molecule has 4 aliphatic rings. The Morgan fingerprint density at radius 1 is 1.07 bits per heavy atom. The summed E-state index contributed by atoms with van der Waals surface area (Å²) in [4.78, 5) is 63.6. The number of nitrogens with zero attached hydrogens (tertiary/aromatic N) is 4. The second-order valence-electron chi connectivity index (χ2n) is 17.4. The fraction of sp³-hybridized carbons (Fsp3) is 0.591. The van der Waals surface area contributed by atoms with Crippen molar-refractivity contribution in [1.82, 2.24) is 29.7 Å². The van der Waals surface area contributed by atoms with Gasteiger partial charge in [-0.05, 0) is 90.3 Å². The van der Waals surface area contributed by atoms with E-state index in [1.165, 1.54) is 4.90 Å². The zero-order chi connectivity index (χ0) is 43.7. The van der Waals surface area contributed by atoms with E-state index in [4.69, 9.17) is 23.9 Å². The Hall–Kier alpha value is -5.03. The molecule has 7 rings (SSSR count). The van der Waals surface area contributed by atoms with Crippen LogP contribution in [0.1, 0.15) is 101 Å². The molecule has 1 aromatic carbocycles. The van der Waals surface area contributed by atoms with Gasteiger partial charge in [-0.25, -0.2) is 13.4 Å². The number of aromatic nitrogens is 3. The predicted octanol–water partition coefficient (Wildman–Crippen LogP) is 4.81. The van der Waals surface area contributed by atoms with E-state index >= 15 is 0 Å². The first-order chi connectivity index (χ1) is 29.1. The number of carbonyl (C=O) groups is 4. The van der Waals surface area contributed by atoms with Gasteiger partial charge in [-0.15, -0.1) is 0 Å². The van der Waals surface area contributed by atoms with Gasteiger partial charge < -0.3 is 29.2 Å². The van der Waals surface area contributed by atoms with E-state index in [0.29, 0.717) is 80.0 Å². The number of allylic oxidation sites excluding steroid dienone is 2. The molecule has 0 radical (unpaired) electrons. The molecule has 2 aliphatic heterocycles. The Kier molecular flexibility index (Phi) is 12.8. The van der Waals surface area contributed by atoms with Gasteiger partial charge in [0.25, 0.3) is 5.91 Å². The van der Waals surface area contributed by atoms with Gasteiger partial charge in [-0.1, -0.05) is 25.0 Å². The molecule has 2 saturated carbocycles.